The molecule has 3 rings (SSSR count). The van der Waals surface area contributed by atoms with Crippen molar-refractivity contribution in [3.63, 3.8) is 0 Å². The van der Waals surface area contributed by atoms with Crippen LogP contribution in [-0.4, -0.2) is 20.5 Å². The van der Waals surface area contributed by atoms with Gasteiger partial charge in [0.1, 0.15) is 11.7 Å². The summed E-state index contributed by atoms with van der Waals surface area (Å²) in [5.41, 5.74) is 4.13. The summed E-state index contributed by atoms with van der Waals surface area (Å²) in [4.78, 5) is 12.2. The van der Waals surface area contributed by atoms with Gasteiger partial charge in [0.15, 0.2) is 10.9 Å². The quantitative estimate of drug-likeness (QED) is 0.842. The Kier molecular flexibility index (Phi) is 4.00. The minimum atomic E-state index is -0.374. The lowest BCUT2D eigenvalue weighted by Crippen LogP contribution is -2.44. The monoisotopic (exact) mass is 330 g/mol. The highest BCUT2D eigenvalue weighted by Gasteiger charge is 2.31. The third-order valence-electron chi connectivity index (χ3n) is 3.46. The molecule has 0 saturated carbocycles. The van der Waals surface area contributed by atoms with Crippen molar-refractivity contribution in [2.45, 2.75) is 19.9 Å². The van der Waals surface area contributed by atoms with Crippen molar-refractivity contribution in [1.82, 2.24) is 20.2 Å². The van der Waals surface area contributed by atoms with Crippen LogP contribution in [0.25, 0.3) is 5.70 Å². The van der Waals surface area contributed by atoms with E-state index >= 15 is 0 Å². The third-order valence-corrected chi connectivity index (χ3v) is 4.21. The fourth-order valence-electron chi connectivity index (χ4n) is 2.41. The largest absolute Gasteiger partial charge is 0.350 e. The van der Waals surface area contributed by atoms with Gasteiger partial charge >= 0.3 is 0 Å². The van der Waals surface area contributed by atoms with Crippen molar-refractivity contribution < 1.29 is 4.79 Å². The van der Waals surface area contributed by atoms with Gasteiger partial charge in [0.2, 0.25) is 0 Å². The van der Waals surface area contributed by atoms with E-state index in [1.807, 2.05) is 36.6 Å². The van der Waals surface area contributed by atoms with E-state index in [9.17, 15) is 4.79 Å². The molecular formula is C15H14N4OS2. The number of carbonyl (C=O) groups is 1. The zero-order chi connectivity index (χ0) is 15.7. The second kappa shape index (κ2) is 5.94. The second-order valence-corrected chi connectivity index (χ2v) is 6.09. The van der Waals surface area contributed by atoms with Crippen molar-refractivity contribution in [1.29, 1.82) is 0 Å². The first-order valence-electron chi connectivity index (χ1n) is 6.73. The van der Waals surface area contributed by atoms with E-state index in [1.54, 1.807) is 6.92 Å². The van der Waals surface area contributed by atoms with Gasteiger partial charge in [-0.05, 0) is 43.2 Å². The van der Waals surface area contributed by atoms with Gasteiger partial charge in [-0.1, -0.05) is 34.3 Å². The minimum absolute atomic E-state index is 0.0314. The van der Waals surface area contributed by atoms with E-state index in [-0.39, 0.29) is 11.8 Å². The molecule has 0 amide bonds. The zero-order valence-electron chi connectivity index (χ0n) is 12.1. The molecule has 22 heavy (non-hydrogen) atoms. The topological polar surface area (TPSA) is 66.9 Å². The predicted molar refractivity (Wildman–Crippen MR) is 90.3 cm³/mol. The number of thiocarbonyl (C=S) groups is 1. The highest BCUT2D eigenvalue weighted by molar-refractivity contribution is 7.80. The summed E-state index contributed by atoms with van der Waals surface area (Å²) >= 11 is 6.54. The molecule has 0 spiro atoms. The van der Waals surface area contributed by atoms with Crippen LogP contribution in [0, 0.1) is 6.92 Å². The summed E-state index contributed by atoms with van der Waals surface area (Å²) in [6.45, 7) is 3.57. The summed E-state index contributed by atoms with van der Waals surface area (Å²) in [7, 11) is 0. The van der Waals surface area contributed by atoms with E-state index in [1.165, 1.54) is 11.5 Å². The number of ketones is 1. The van der Waals surface area contributed by atoms with Crippen LogP contribution < -0.4 is 10.6 Å². The van der Waals surface area contributed by atoms with E-state index in [4.69, 9.17) is 12.2 Å². The molecule has 112 valence electrons. The molecule has 1 aromatic heterocycles. The molecule has 1 atom stereocenters. The number of hydrogen-bond donors (Lipinski definition) is 2. The van der Waals surface area contributed by atoms with Crippen molar-refractivity contribution in [3.05, 3.63) is 52.0 Å². The first-order valence-corrected chi connectivity index (χ1v) is 7.97. The molecule has 0 fully saturated rings. The summed E-state index contributed by atoms with van der Waals surface area (Å²) in [5, 5.41) is 12.6. The molecule has 0 saturated heterocycles. The van der Waals surface area contributed by atoms with Crippen molar-refractivity contribution >= 4 is 40.3 Å². The standard InChI is InChI=1S/C15H14N4OS2/c1-8-3-5-10(6-4-8)13-12(9(2)20)14(17-15(21)16-13)11-7-22-19-18-11/h3-7,14H,1-2H3,(H2,16,17,21). The van der Waals surface area contributed by atoms with E-state index < -0.39 is 0 Å². The third kappa shape index (κ3) is 2.77. The Bertz CT molecular complexity index is 750. The van der Waals surface area contributed by atoms with Gasteiger partial charge in [0.05, 0.1) is 5.70 Å². The number of nitrogens with one attached hydrogen (secondary N) is 2. The number of benzene rings is 1. The van der Waals surface area contributed by atoms with Crippen LogP contribution in [0.15, 0.2) is 35.2 Å². The Morgan fingerprint density at radius 3 is 2.64 bits per heavy atom. The molecule has 1 aromatic carbocycles. The number of aromatic nitrogens is 2. The SMILES string of the molecule is CC(=O)C1=C(c2ccc(C)cc2)NC(=S)NC1c1csnn1. The average molecular weight is 330 g/mol. The molecule has 0 bridgehead atoms. The lowest BCUT2D eigenvalue weighted by Gasteiger charge is -2.29. The normalized spacial score (nSPS) is 17.9. The maximum atomic E-state index is 12.2. The lowest BCUT2D eigenvalue weighted by atomic mass is 9.93. The van der Waals surface area contributed by atoms with Crippen LogP contribution in [0.5, 0.6) is 0 Å². The molecular weight excluding hydrogens is 316 g/mol. The van der Waals surface area contributed by atoms with Gasteiger partial charge in [-0.15, -0.1) is 5.10 Å². The Labute approximate surface area is 137 Å². The Morgan fingerprint density at radius 1 is 1.32 bits per heavy atom. The summed E-state index contributed by atoms with van der Waals surface area (Å²) in [6, 6.07) is 7.59. The second-order valence-electron chi connectivity index (χ2n) is 5.07. The fourth-order valence-corrected chi connectivity index (χ4v) is 3.11. The van der Waals surface area contributed by atoms with Crippen LogP contribution in [0.2, 0.25) is 0 Å². The molecule has 1 aliphatic heterocycles. The number of hydrogen-bond acceptors (Lipinski definition) is 5. The Hall–Kier alpha value is -2.12. The minimum Gasteiger partial charge on any atom is -0.350 e. The molecule has 0 aliphatic carbocycles. The Morgan fingerprint density at radius 2 is 2.05 bits per heavy atom. The molecule has 2 N–H and O–H groups in total. The molecule has 1 unspecified atom stereocenters. The zero-order valence-corrected chi connectivity index (χ0v) is 13.7. The van der Waals surface area contributed by atoms with Crippen molar-refractivity contribution in [3.8, 4) is 0 Å². The van der Waals surface area contributed by atoms with Gasteiger partial charge in [-0.3, -0.25) is 4.79 Å². The van der Waals surface area contributed by atoms with Gasteiger partial charge < -0.3 is 10.6 Å². The number of rotatable bonds is 3. The number of aryl methyl sites for hydroxylation is 1. The molecule has 5 nitrogen and oxygen atoms in total. The summed E-state index contributed by atoms with van der Waals surface area (Å²) in [6.07, 6.45) is 0. The first-order chi connectivity index (χ1) is 10.6. The lowest BCUT2D eigenvalue weighted by molar-refractivity contribution is -0.113. The van der Waals surface area contributed by atoms with Crippen LogP contribution in [0.1, 0.15) is 29.8 Å². The maximum Gasteiger partial charge on any atom is 0.171 e. The van der Waals surface area contributed by atoms with Gasteiger partial charge in [0, 0.05) is 11.0 Å². The first kappa shape index (κ1) is 14.8. The van der Waals surface area contributed by atoms with Crippen LogP contribution in [-0.2, 0) is 4.79 Å². The molecule has 7 heteroatoms. The Balaban J connectivity index is 2.16. The van der Waals surface area contributed by atoms with E-state index in [2.05, 4.69) is 20.2 Å². The number of Topliss-reactive ketones (excluding diaryl/α,β-unsaturated/α-hetero) is 1. The van der Waals surface area contributed by atoms with Crippen LogP contribution in [0.4, 0.5) is 0 Å². The molecule has 2 aromatic rings. The predicted octanol–water partition coefficient (Wildman–Crippen LogP) is 2.37. The van der Waals surface area contributed by atoms with Crippen LogP contribution >= 0.6 is 23.8 Å². The average Bonchev–Trinajstić information content (AvgIpc) is 3.01. The summed E-state index contributed by atoms with van der Waals surface area (Å²) < 4.78 is 3.88. The number of nitrogens with zero attached hydrogens (tertiary/aromatic N) is 2. The maximum absolute atomic E-state index is 12.2. The highest BCUT2D eigenvalue weighted by Crippen LogP contribution is 2.31. The van der Waals surface area contributed by atoms with Crippen molar-refractivity contribution in [2.24, 2.45) is 0 Å². The van der Waals surface area contributed by atoms with Gasteiger partial charge in [0.25, 0.3) is 0 Å². The molecule has 1 aliphatic rings. The summed E-state index contributed by atoms with van der Waals surface area (Å²) in [5.74, 6) is -0.0314. The fraction of sp³-hybridized carbons (Fsp3) is 0.200. The smallest absolute Gasteiger partial charge is 0.171 e. The van der Waals surface area contributed by atoms with Gasteiger partial charge in [-0.25, -0.2) is 0 Å². The van der Waals surface area contributed by atoms with E-state index in [0.29, 0.717) is 16.4 Å². The van der Waals surface area contributed by atoms with E-state index in [0.717, 1.165) is 16.8 Å². The molecule has 0 radical (unpaired) electrons. The van der Waals surface area contributed by atoms with Crippen LogP contribution in [0.3, 0.4) is 0 Å². The highest BCUT2D eigenvalue weighted by atomic mass is 32.1. The molecule has 2 heterocycles. The van der Waals surface area contributed by atoms with Crippen molar-refractivity contribution in [2.75, 3.05) is 0 Å². The number of carbonyl (C=O) groups excluding carboxylic acids is 1. The van der Waals surface area contributed by atoms with Gasteiger partial charge in [-0.2, -0.15) is 0 Å².